The monoisotopic (exact) mass is 174 g/mol. The van der Waals surface area contributed by atoms with Crippen molar-refractivity contribution in [1.82, 2.24) is 0 Å². The lowest BCUT2D eigenvalue weighted by atomic mass is 9.85. The molecule has 0 aliphatic heterocycles. The van der Waals surface area contributed by atoms with Gasteiger partial charge in [-0.2, -0.15) is 0 Å². The van der Waals surface area contributed by atoms with Gasteiger partial charge in [-0.1, -0.05) is 0 Å². The Hall–Kier alpha value is -0.120. The quantitative estimate of drug-likeness (QED) is 0.688. The van der Waals surface area contributed by atoms with E-state index in [0.717, 1.165) is 19.3 Å². The minimum atomic E-state index is 0.175. The molecule has 1 aliphatic rings. The maximum atomic E-state index is 9.03. The maximum Gasteiger partial charge on any atom is 0.0646 e. The fourth-order valence-electron chi connectivity index (χ4n) is 1.87. The van der Waals surface area contributed by atoms with Gasteiger partial charge >= 0.3 is 0 Å². The third-order valence-electron chi connectivity index (χ3n) is 2.75. The van der Waals surface area contributed by atoms with Crippen LogP contribution < -0.4 is 0 Å². The molecule has 3 heteroatoms. The number of methoxy groups -OCH3 is 2. The van der Waals surface area contributed by atoms with E-state index < -0.39 is 0 Å². The topological polar surface area (TPSA) is 38.7 Å². The van der Waals surface area contributed by atoms with Gasteiger partial charge in [0.05, 0.1) is 12.2 Å². The Bertz CT molecular complexity index is 127. The van der Waals surface area contributed by atoms with Crippen LogP contribution in [0.5, 0.6) is 0 Å². The molecule has 0 amide bonds. The summed E-state index contributed by atoms with van der Waals surface area (Å²) in [5.74, 6) is 0.307. The number of hydrogen-bond acceptors (Lipinski definition) is 3. The van der Waals surface area contributed by atoms with Crippen LogP contribution in [0, 0.1) is 5.92 Å². The number of rotatable bonds is 3. The summed E-state index contributed by atoms with van der Waals surface area (Å²) in [7, 11) is 3.43. The second-order valence-corrected chi connectivity index (χ2v) is 3.39. The molecule has 1 N–H and O–H groups in total. The van der Waals surface area contributed by atoms with Crippen LogP contribution in [0.2, 0.25) is 0 Å². The summed E-state index contributed by atoms with van der Waals surface area (Å²) in [6.45, 7) is 0.231. The van der Waals surface area contributed by atoms with Crippen molar-refractivity contribution in [3.05, 3.63) is 0 Å². The largest absolute Gasteiger partial charge is 0.396 e. The maximum absolute atomic E-state index is 9.03. The van der Waals surface area contributed by atoms with Crippen molar-refractivity contribution in [1.29, 1.82) is 0 Å². The fourth-order valence-corrected chi connectivity index (χ4v) is 1.87. The lowest BCUT2D eigenvalue weighted by Gasteiger charge is -2.33. The van der Waals surface area contributed by atoms with Crippen LogP contribution in [-0.4, -0.2) is 38.1 Å². The Labute approximate surface area is 73.7 Å². The fraction of sp³-hybridized carbons (Fsp3) is 1.00. The van der Waals surface area contributed by atoms with E-state index in [4.69, 9.17) is 14.6 Å². The Balaban J connectivity index is 2.41. The first-order chi connectivity index (χ1) is 5.81. The lowest BCUT2D eigenvalue weighted by molar-refractivity contribution is -0.0541. The second kappa shape index (κ2) is 4.80. The minimum absolute atomic E-state index is 0.175. The van der Waals surface area contributed by atoms with Crippen molar-refractivity contribution in [2.75, 3.05) is 20.8 Å². The normalized spacial score (nSPS) is 36.8. The molecule has 0 aromatic carbocycles. The average molecular weight is 174 g/mol. The first kappa shape index (κ1) is 9.96. The predicted octanol–water partition coefficient (Wildman–Crippen LogP) is 0.809. The lowest BCUT2D eigenvalue weighted by Crippen LogP contribution is -2.36. The van der Waals surface area contributed by atoms with E-state index in [1.165, 1.54) is 0 Å². The van der Waals surface area contributed by atoms with Crippen molar-refractivity contribution in [3.63, 3.8) is 0 Å². The van der Waals surface area contributed by atoms with Gasteiger partial charge in [-0.05, 0) is 12.8 Å². The summed E-state index contributed by atoms with van der Waals surface area (Å²) >= 11 is 0. The first-order valence-electron chi connectivity index (χ1n) is 4.48. The summed E-state index contributed by atoms with van der Waals surface area (Å²) in [5.41, 5.74) is 0. The van der Waals surface area contributed by atoms with Gasteiger partial charge in [-0.25, -0.2) is 0 Å². The van der Waals surface area contributed by atoms with Gasteiger partial charge in [0.15, 0.2) is 0 Å². The van der Waals surface area contributed by atoms with Crippen molar-refractivity contribution < 1.29 is 14.6 Å². The molecular formula is C9H18O3. The van der Waals surface area contributed by atoms with E-state index in [1.807, 2.05) is 0 Å². The number of ether oxygens (including phenoxy) is 2. The molecule has 0 radical (unpaired) electrons. The Morgan fingerprint density at radius 3 is 2.50 bits per heavy atom. The molecule has 0 aromatic rings. The third-order valence-corrected chi connectivity index (χ3v) is 2.75. The van der Waals surface area contributed by atoms with E-state index in [1.54, 1.807) is 14.2 Å². The van der Waals surface area contributed by atoms with Crippen LogP contribution in [-0.2, 0) is 9.47 Å². The van der Waals surface area contributed by atoms with Gasteiger partial charge < -0.3 is 14.6 Å². The van der Waals surface area contributed by atoms with Crippen LogP contribution >= 0.6 is 0 Å². The molecule has 12 heavy (non-hydrogen) atoms. The number of hydrogen-bond donors (Lipinski definition) is 1. The molecule has 3 atom stereocenters. The van der Waals surface area contributed by atoms with Gasteiger partial charge in [-0.3, -0.25) is 0 Å². The zero-order valence-electron chi connectivity index (χ0n) is 7.82. The van der Waals surface area contributed by atoms with Crippen molar-refractivity contribution in [3.8, 4) is 0 Å². The highest BCUT2D eigenvalue weighted by molar-refractivity contribution is 4.80. The summed E-state index contributed by atoms with van der Waals surface area (Å²) in [5, 5.41) is 9.03. The minimum Gasteiger partial charge on any atom is -0.396 e. The van der Waals surface area contributed by atoms with Crippen LogP contribution in [0.3, 0.4) is 0 Å². The van der Waals surface area contributed by atoms with Crippen LogP contribution in [0.1, 0.15) is 19.3 Å². The van der Waals surface area contributed by atoms with Gasteiger partial charge in [0.2, 0.25) is 0 Å². The smallest absolute Gasteiger partial charge is 0.0646 e. The van der Waals surface area contributed by atoms with Crippen molar-refractivity contribution >= 4 is 0 Å². The van der Waals surface area contributed by atoms with Crippen LogP contribution in [0.15, 0.2) is 0 Å². The Morgan fingerprint density at radius 2 is 2.00 bits per heavy atom. The molecular weight excluding hydrogens is 156 g/mol. The molecule has 1 aliphatic carbocycles. The molecule has 1 saturated carbocycles. The average Bonchev–Trinajstić information content (AvgIpc) is 2.16. The SMILES string of the molecule is COC1CCC(CO)[C@H](OC)C1. The van der Waals surface area contributed by atoms with Gasteiger partial charge in [0.25, 0.3) is 0 Å². The van der Waals surface area contributed by atoms with E-state index in [0.29, 0.717) is 12.0 Å². The Kier molecular flexibility index (Phi) is 3.98. The molecule has 0 aromatic heterocycles. The number of aliphatic hydroxyl groups excluding tert-OH is 1. The van der Waals surface area contributed by atoms with E-state index in [9.17, 15) is 0 Å². The molecule has 3 nitrogen and oxygen atoms in total. The second-order valence-electron chi connectivity index (χ2n) is 3.39. The summed E-state index contributed by atoms with van der Waals surface area (Å²) in [6.07, 6.45) is 3.46. The Morgan fingerprint density at radius 1 is 1.25 bits per heavy atom. The van der Waals surface area contributed by atoms with Gasteiger partial charge in [-0.15, -0.1) is 0 Å². The van der Waals surface area contributed by atoms with Gasteiger partial charge in [0.1, 0.15) is 0 Å². The first-order valence-corrected chi connectivity index (χ1v) is 4.48. The van der Waals surface area contributed by atoms with Gasteiger partial charge in [0, 0.05) is 33.2 Å². The standard InChI is InChI=1S/C9H18O3/c1-11-8-4-3-7(6-10)9(5-8)12-2/h7-10H,3-6H2,1-2H3/t7?,8?,9-/m1/s1. The molecule has 0 bridgehead atoms. The van der Waals surface area contributed by atoms with E-state index in [2.05, 4.69) is 0 Å². The van der Waals surface area contributed by atoms with E-state index >= 15 is 0 Å². The third kappa shape index (κ3) is 2.19. The van der Waals surface area contributed by atoms with Crippen LogP contribution in [0.25, 0.3) is 0 Å². The molecule has 1 fully saturated rings. The zero-order valence-corrected chi connectivity index (χ0v) is 7.82. The number of aliphatic hydroxyl groups is 1. The van der Waals surface area contributed by atoms with Crippen molar-refractivity contribution in [2.45, 2.75) is 31.5 Å². The molecule has 2 unspecified atom stereocenters. The predicted molar refractivity (Wildman–Crippen MR) is 46.0 cm³/mol. The molecule has 0 heterocycles. The molecule has 0 spiro atoms. The van der Waals surface area contributed by atoms with Crippen molar-refractivity contribution in [2.24, 2.45) is 5.92 Å². The molecule has 1 rings (SSSR count). The summed E-state index contributed by atoms with van der Waals surface area (Å²) in [4.78, 5) is 0. The molecule has 72 valence electrons. The summed E-state index contributed by atoms with van der Waals surface area (Å²) < 4.78 is 10.5. The van der Waals surface area contributed by atoms with E-state index in [-0.39, 0.29) is 12.7 Å². The summed E-state index contributed by atoms with van der Waals surface area (Å²) in [6, 6.07) is 0. The highest BCUT2D eigenvalue weighted by atomic mass is 16.5. The highest BCUT2D eigenvalue weighted by Gasteiger charge is 2.29. The van der Waals surface area contributed by atoms with Crippen LogP contribution in [0.4, 0.5) is 0 Å². The molecule has 0 saturated heterocycles. The highest BCUT2D eigenvalue weighted by Crippen LogP contribution is 2.27. The zero-order chi connectivity index (χ0) is 8.97.